The van der Waals surface area contributed by atoms with E-state index < -0.39 is 21.9 Å². The molecule has 8 nitrogen and oxygen atoms in total. The monoisotopic (exact) mass is 539 g/mol. The summed E-state index contributed by atoms with van der Waals surface area (Å²) in [4.78, 5) is 3.54. The van der Waals surface area contributed by atoms with Gasteiger partial charge in [-0.25, -0.2) is 18.1 Å². The van der Waals surface area contributed by atoms with Gasteiger partial charge in [-0.05, 0) is 23.8 Å². The van der Waals surface area contributed by atoms with Crippen LogP contribution in [0.5, 0.6) is 11.6 Å². The first-order chi connectivity index (χ1) is 16.5. The second-order valence-corrected chi connectivity index (χ2v) is 10.3. The van der Waals surface area contributed by atoms with Gasteiger partial charge in [-0.1, -0.05) is 53.3 Å². The molecule has 4 rings (SSSR count). The molecule has 4 aromatic rings. The predicted octanol–water partition coefficient (Wildman–Crippen LogP) is 5.52. The maximum absolute atomic E-state index is 13.3. The van der Waals surface area contributed by atoms with Crippen molar-refractivity contribution in [2.45, 2.75) is 17.6 Å². The highest BCUT2D eigenvalue weighted by molar-refractivity contribution is 7.93. The second kappa shape index (κ2) is 9.57. The molecule has 180 valence electrons. The largest absolute Gasteiger partial charge is 0.438 e. The Hall–Kier alpha value is -3.60. The molecule has 2 aromatic heterocycles. The fourth-order valence-electron chi connectivity index (χ4n) is 2.93. The second-order valence-electron chi connectivity index (χ2n) is 6.96. The zero-order chi connectivity index (χ0) is 25.2. The first-order valence-electron chi connectivity index (χ1n) is 9.60. The number of benzene rings is 2. The SMILES string of the molecule is N#Cc1cc(S(=O)(=O)Nc2ncc(Cl)s2)ccc1Oc1cc(C(F)(F)F)nn1Cc1ccccc1. The molecule has 0 radical (unpaired) electrons. The van der Waals surface area contributed by atoms with Gasteiger partial charge < -0.3 is 4.74 Å². The van der Waals surface area contributed by atoms with Crippen LogP contribution in [0.25, 0.3) is 0 Å². The van der Waals surface area contributed by atoms with Crippen molar-refractivity contribution >= 4 is 38.1 Å². The van der Waals surface area contributed by atoms with Crippen molar-refractivity contribution < 1.29 is 26.3 Å². The van der Waals surface area contributed by atoms with E-state index in [0.717, 1.165) is 28.2 Å². The molecule has 2 heterocycles. The van der Waals surface area contributed by atoms with E-state index in [4.69, 9.17) is 16.3 Å². The average Bonchev–Trinajstić information content (AvgIpc) is 3.40. The van der Waals surface area contributed by atoms with E-state index in [1.54, 1.807) is 36.4 Å². The van der Waals surface area contributed by atoms with E-state index >= 15 is 0 Å². The summed E-state index contributed by atoms with van der Waals surface area (Å²) < 4.78 is 74.3. The summed E-state index contributed by atoms with van der Waals surface area (Å²) >= 11 is 6.66. The van der Waals surface area contributed by atoms with Gasteiger partial charge in [0.2, 0.25) is 5.88 Å². The smallest absolute Gasteiger partial charge is 0.435 e. The lowest BCUT2D eigenvalue weighted by Gasteiger charge is -2.11. The highest BCUT2D eigenvalue weighted by Crippen LogP contribution is 2.34. The molecular weight excluding hydrogens is 527 g/mol. The van der Waals surface area contributed by atoms with Crippen LogP contribution >= 0.6 is 22.9 Å². The van der Waals surface area contributed by atoms with Crippen molar-refractivity contribution in [3.63, 3.8) is 0 Å². The number of alkyl halides is 3. The molecule has 0 atom stereocenters. The summed E-state index contributed by atoms with van der Waals surface area (Å²) in [6.07, 6.45) is -3.45. The fourth-order valence-corrected chi connectivity index (χ4v) is 5.01. The Kier molecular flexibility index (Phi) is 6.70. The number of nitrogens with one attached hydrogen (secondary N) is 1. The summed E-state index contributed by atoms with van der Waals surface area (Å²) in [6, 6.07) is 14.5. The summed E-state index contributed by atoms with van der Waals surface area (Å²) in [7, 11) is -4.12. The van der Waals surface area contributed by atoms with Crippen molar-refractivity contribution in [3.8, 4) is 17.7 Å². The molecule has 35 heavy (non-hydrogen) atoms. The molecule has 0 unspecified atom stereocenters. The maximum Gasteiger partial charge on any atom is 0.435 e. The number of nitriles is 1. The number of sulfonamides is 1. The van der Waals surface area contributed by atoms with Crippen LogP contribution < -0.4 is 9.46 Å². The molecule has 14 heteroatoms. The Bertz CT molecular complexity index is 1510. The predicted molar refractivity (Wildman–Crippen MR) is 122 cm³/mol. The van der Waals surface area contributed by atoms with Crippen molar-refractivity contribution in [2.75, 3.05) is 4.72 Å². The Morgan fingerprint density at radius 3 is 2.54 bits per heavy atom. The van der Waals surface area contributed by atoms with Gasteiger partial charge in [-0.15, -0.1) is 0 Å². The standard InChI is InChI=1S/C21H13ClF3N5O3S2/c22-18-11-27-20(34-18)29-35(31,32)15-6-7-16(14(8-15)10-26)33-19-9-17(21(23,24)25)28-30(19)12-13-4-2-1-3-5-13/h1-9,11H,12H2,(H,27,29). The Morgan fingerprint density at radius 2 is 1.91 bits per heavy atom. The lowest BCUT2D eigenvalue weighted by Crippen LogP contribution is -2.13. The molecule has 0 aliphatic carbocycles. The molecule has 0 amide bonds. The van der Waals surface area contributed by atoms with Gasteiger partial charge in [-0.3, -0.25) is 4.72 Å². The Labute approximate surface area is 206 Å². The number of anilines is 1. The number of thiazole rings is 1. The van der Waals surface area contributed by atoms with Crippen molar-refractivity contribution in [1.29, 1.82) is 5.26 Å². The first kappa shape index (κ1) is 24.5. The highest BCUT2D eigenvalue weighted by Gasteiger charge is 2.35. The van der Waals surface area contributed by atoms with E-state index in [2.05, 4.69) is 14.8 Å². The van der Waals surface area contributed by atoms with E-state index in [-0.39, 0.29) is 38.1 Å². The summed E-state index contributed by atoms with van der Waals surface area (Å²) in [6.45, 7) is -0.0269. The van der Waals surface area contributed by atoms with Crippen LogP contribution in [-0.2, 0) is 22.7 Å². The molecule has 0 bridgehead atoms. The maximum atomic E-state index is 13.3. The van der Waals surface area contributed by atoms with Crippen LogP contribution in [0.4, 0.5) is 18.3 Å². The van der Waals surface area contributed by atoms with Gasteiger partial charge in [0.25, 0.3) is 10.0 Å². The minimum Gasteiger partial charge on any atom is -0.438 e. The fraction of sp³-hybridized carbons (Fsp3) is 0.0952. The Balaban J connectivity index is 1.66. The summed E-state index contributed by atoms with van der Waals surface area (Å²) in [5.74, 6) is -0.421. The van der Waals surface area contributed by atoms with E-state index in [0.29, 0.717) is 11.6 Å². The number of hydrogen-bond donors (Lipinski definition) is 1. The van der Waals surface area contributed by atoms with Crippen LogP contribution in [0.15, 0.2) is 65.7 Å². The number of aromatic nitrogens is 3. The topological polar surface area (TPSA) is 110 Å². The third-order valence-corrected chi connectivity index (χ3v) is 7.00. The van der Waals surface area contributed by atoms with Gasteiger partial charge in [0.05, 0.1) is 23.2 Å². The molecule has 2 aromatic carbocycles. The molecule has 0 fully saturated rings. The van der Waals surface area contributed by atoms with E-state index in [1.807, 2.05) is 0 Å². The number of nitrogens with zero attached hydrogens (tertiary/aromatic N) is 4. The van der Waals surface area contributed by atoms with Crippen LogP contribution in [0.1, 0.15) is 16.8 Å². The van der Waals surface area contributed by atoms with Crippen LogP contribution in [0.3, 0.4) is 0 Å². The number of ether oxygens (including phenoxy) is 1. The van der Waals surface area contributed by atoms with Gasteiger partial charge in [0, 0.05) is 6.07 Å². The summed E-state index contributed by atoms with van der Waals surface area (Å²) in [5.41, 5.74) is -0.719. The molecule has 1 N–H and O–H groups in total. The van der Waals surface area contributed by atoms with E-state index in [1.165, 1.54) is 12.3 Å². The van der Waals surface area contributed by atoms with Gasteiger partial charge in [0.15, 0.2) is 10.8 Å². The quantitative estimate of drug-likeness (QED) is 0.331. The zero-order valence-corrected chi connectivity index (χ0v) is 19.7. The van der Waals surface area contributed by atoms with Gasteiger partial charge in [0.1, 0.15) is 16.2 Å². The zero-order valence-electron chi connectivity index (χ0n) is 17.3. The average molecular weight is 540 g/mol. The molecule has 0 saturated carbocycles. The van der Waals surface area contributed by atoms with Crippen molar-refractivity contribution in [2.24, 2.45) is 0 Å². The molecule has 0 spiro atoms. The number of halogens is 4. The van der Waals surface area contributed by atoms with Gasteiger partial charge in [-0.2, -0.15) is 23.5 Å². The number of rotatable bonds is 7. The lowest BCUT2D eigenvalue weighted by atomic mass is 10.2. The molecule has 0 saturated heterocycles. The van der Waals surface area contributed by atoms with Gasteiger partial charge >= 0.3 is 6.18 Å². The molecule has 0 aliphatic rings. The van der Waals surface area contributed by atoms with Crippen molar-refractivity contribution in [1.82, 2.24) is 14.8 Å². The minimum absolute atomic E-state index is 0.0262. The highest BCUT2D eigenvalue weighted by atomic mass is 35.5. The molecular formula is C21H13ClF3N5O3S2. The third-order valence-electron chi connectivity index (χ3n) is 4.50. The summed E-state index contributed by atoms with van der Waals surface area (Å²) in [5, 5.41) is 13.2. The van der Waals surface area contributed by atoms with E-state index in [9.17, 15) is 26.9 Å². The minimum atomic E-state index is -4.72. The van der Waals surface area contributed by atoms with Crippen molar-refractivity contribution in [3.05, 3.63) is 82.0 Å². The first-order valence-corrected chi connectivity index (χ1v) is 12.3. The molecule has 0 aliphatic heterocycles. The van der Waals surface area contributed by atoms with Crippen LogP contribution in [0, 0.1) is 11.3 Å². The normalized spacial score (nSPS) is 11.7. The van der Waals surface area contributed by atoms with Crippen LogP contribution in [0.2, 0.25) is 4.34 Å². The Morgan fingerprint density at radius 1 is 1.17 bits per heavy atom. The third kappa shape index (κ3) is 5.73. The lowest BCUT2D eigenvalue weighted by molar-refractivity contribution is -0.141. The number of hydrogen-bond acceptors (Lipinski definition) is 7. The van der Waals surface area contributed by atoms with Crippen LogP contribution in [-0.4, -0.2) is 23.2 Å².